The van der Waals surface area contributed by atoms with Gasteiger partial charge in [0.05, 0.1) is 6.20 Å². The summed E-state index contributed by atoms with van der Waals surface area (Å²) >= 11 is 0. The van der Waals surface area contributed by atoms with Crippen molar-refractivity contribution in [1.29, 1.82) is 0 Å². The van der Waals surface area contributed by atoms with E-state index in [4.69, 9.17) is 5.73 Å². The molecule has 0 fully saturated rings. The number of aromatic amines is 1. The number of benzene rings is 1. The maximum atomic E-state index is 5.46. The van der Waals surface area contributed by atoms with Crippen LogP contribution < -0.4 is 11.1 Å². The summed E-state index contributed by atoms with van der Waals surface area (Å²) in [4.78, 5) is 0. The average Bonchev–Trinajstić information content (AvgIpc) is 3.41. The second-order valence-corrected chi connectivity index (χ2v) is 9.50. The van der Waals surface area contributed by atoms with E-state index in [1.165, 1.54) is 102 Å². The maximum Gasteiger partial charge on any atom is 0.113 e. The van der Waals surface area contributed by atoms with Crippen molar-refractivity contribution >= 4 is 0 Å². The number of nitrogens with two attached hydrogens (primary N) is 1. The van der Waals surface area contributed by atoms with Crippen LogP contribution in [0.25, 0.3) is 11.3 Å². The number of unbranched alkanes of at least 4 members (excludes halogenated alkanes) is 12. The predicted octanol–water partition coefficient (Wildman–Crippen LogP) is 7.74. The number of rotatable bonds is 20. The Hall–Kier alpha value is -1.98. The van der Waals surface area contributed by atoms with Gasteiger partial charge in [0.25, 0.3) is 0 Å². The highest BCUT2D eigenvalue weighted by atomic mass is 15.3. The van der Waals surface area contributed by atoms with Gasteiger partial charge in [-0.25, -0.2) is 0 Å². The molecule has 0 aliphatic rings. The van der Waals surface area contributed by atoms with E-state index in [9.17, 15) is 0 Å². The minimum absolute atomic E-state index is 0.806. The number of hydrogen-bond donors (Lipinski definition) is 3. The molecule has 5 heteroatoms. The van der Waals surface area contributed by atoms with Crippen LogP contribution in [0.1, 0.15) is 109 Å². The van der Waals surface area contributed by atoms with Crippen molar-refractivity contribution in [1.82, 2.24) is 20.7 Å². The molecule has 0 aliphatic heterocycles. The van der Waals surface area contributed by atoms with E-state index < -0.39 is 0 Å². The minimum atomic E-state index is 0.806. The van der Waals surface area contributed by atoms with E-state index in [-0.39, 0.29) is 0 Å². The highest BCUT2D eigenvalue weighted by Crippen LogP contribution is 2.18. The van der Waals surface area contributed by atoms with Crippen LogP contribution in [0.3, 0.4) is 0 Å². The quantitative estimate of drug-likeness (QED) is 0.133. The van der Waals surface area contributed by atoms with Crippen LogP contribution in [0.4, 0.5) is 0 Å². The van der Waals surface area contributed by atoms with Crippen molar-refractivity contribution in [2.75, 3.05) is 19.6 Å². The molecule has 0 bridgehead atoms. The first-order valence-electron chi connectivity index (χ1n) is 14.3. The zero-order valence-corrected chi connectivity index (χ0v) is 22.7. The van der Waals surface area contributed by atoms with Crippen LogP contribution in [0.5, 0.6) is 0 Å². The SMILES string of the molecule is CCCCCCCC/C=C\CCCCCCCCNCCCN.Cc1ccccc1-c1cn[nH]n1. The van der Waals surface area contributed by atoms with Gasteiger partial charge in [-0.15, -0.1) is 0 Å². The molecule has 0 saturated heterocycles. The Balaban J connectivity index is 0.000000420. The van der Waals surface area contributed by atoms with Gasteiger partial charge in [0.1, 0.15) is 5.69 Å². The van der Waals surface area contributed by atoms with Gasteiger partial charge in [0, 0.05) is 5.56 Å². The Kier molecular flexibility index (Phi) is 21.1. The lowest BCUT2D eigenvalue weighted by Crippen LogP contribution is -2.19. The lowest BCUT2D eigenvalue weighted by molar-refractivity contribution is 0.562. The number of hydrogen-bond acceptors (Lipinski definition) is 4. The highest BCUT2D eigenvalue weighted by Gasteiger charge is 2.01. The Morgan fingerprint density at radius 1 is 0.800 bits per heavy atom. The van der Waals surface area contributed by atoms with Crippen molar-refractivity contribution in [3.63, 3.8) is 0 Å². The van der Waals surface area contributed by atoms with Gasteiger partial charge in [-0.2, -0.15) is 15.4 Å². The summed E-state index contributed by atoms with van der Waals surface area (Å²) in [5, 5.41) is 13.8. The van der Waals surface area contributed by atoms with Gasteiger partial charge in [0.2, 0.25) is 0 Å². The second kappa shape index (κ2) is 23.7. The molecule has 1 aromatic carbocycles. The number of H-pyrrole nitrogens is 1. The first-order valence-corrected chi connectivity index (χ1v) is 14.3. The minimum Gasteiger partial charge on any atom is -0.330 e. The molecule has 0 saturated carbocycles. The summed E-state index contributed by atoms with van der Waals surface area (Å²) in [6.07, 6.45) is 27.0. The number of nitrogens with one attached hydrogen (secondary N) is 2. The fourth-order valence-electron chi connectivity index (χ4n) is 4.04. The van der Waals surface area contributed by atoms with Gasteiger partial charge < -0.3 is 11.1 Å². The molecule has 35 heavy (non-hydrogen) atoms. The first kappa shape index (κ1) is 31.1. The lowest BCUT2D eigenvalue weighted by atomic mass is 10.1. The third kappa shape index (κ3) is 18.0. The normalized spacial score (nSPS) is 11.1. The van der Waals surface area contributed by atoms with Crippen LogP contribution in [-0.2, 0) is 0 Å². The Morgan fingerprint density at radius 3 is 2.00 bits per heavy atom. The van der Waals surface area contributed by atoms with Gasteiger partial charge in [-0.05, 0) is 70.6 Å². The molecular weight excluding hydrogens is 430 g/mol. The molecule has 2 aromatic rings. The Morgan fingerprint density at radius 2 is 1.40 bits per heavy atom. The van der Waals surface area contributed by atoms with Crippen molar-refractivity contribution in [2.24, 2.45) is 5.73 Å². The van der Waals surface area contributed by atoms with Crippen LogP contribution in [0, 0.1) is 6.92 Å². The number of nitrogens with zero attached hydrogens (tertiary/aromatic N) is 2. The van der Waals surface area contributed by atoms with Crippen molar-refractivity contribution in [3.8, 4) is 11.3 Å². The molecule has 4 N–H and O–H groups in total. The molecule has 198 valence electrons. The predicted molar refractivity (Wildman–Crippen MR) is 153 cm³/mol. The van der Waals surface area contributed by atoms with Crippen molar-refractivity contribution in [2.45, 2.75) is 110 Å². The van der Waals surface area contributed by atoms with Gasteiger partial charge in [-0.1, -0.05) is 101 Å². The molecule has 0 unspecified atom stereocenters. The van der Waals surface area contributed by atoms with Gasteiger partial charge >= 0.3 is 0 Å². The molecule has 0 amide bonds. The fraction of sp³-hybridized carbons (Fsp3) is 0.667. The molecule has 0 spiro atoms. The van der Waals surface area contributed by atoms with Crippen molar-refractivity contribution in [3.05, 3.63) is 48.2 Å². The maximum absolute atomic E-state index is 5.46. The zero-order valence-electron chi connectivity index (χ0n) is 22.7. The van der Waals surface area contributed by atoms with Crippen molar-refractivity contribution < 1.29 is 0 Å². The zero-order chi connectivity index (χ0) is 25.2. The van der Waals surface area contributed by atoms with E-state index in [2.05, 4.69) is 52.8 Å². The third-order valence-electron chi connectivity index (χ3n) is 6.26. The summed E-state index contributed by atoms with van der Waals surface area (Å²) in [6.45, 7) is 7.40. The summed E-state index contributed by atoms with van der Waals surface area (Å²) in [7, 11) is 0. The number of allylic oxidation sites excluding steroid dienone is 2. The van der Waals surface area contributed by atoms with E-state index in [0.717, 1.165) is 30.8 Å². The Bertz CT molecular complexity index is 711. The van der Waals surface area contributed by atoms with Crippen LogP contribution in [0.2, 0.25) is 0 Å². The van der Waals surface area contributed by atoms with E-state index in [1.807, 2.05) is 18.2 Å². The molecule has 0 radical (unpaired) electrons. The smallest absolute Gasteiger partial charge is 0.113 e. The van der Waals surface area contributed by atoms with Crippen LogP contribution in [0.15, 0.2) is 42.6 Å². The third-order valence-corrected chi connectivity index (χ3v) is 6.26. The van der Waals surface area contributed by atoms with E-state index >= 15 is 0 Å². The number of aromatic nitrogens is 3. The monoisotopic (exact) mass is 483 g/mol. The standard InChI is InChI=1S/C21H44N2.C9H9N3/c1-2-3-4-5-6-7-8-9-10-11-12-13-14-15-16-17-20-23-21-18-19-22;1-7-4-2-3-5-8(7)9-6-10-12-11-9/h9-10,23H,2-8,11-22H2,1H3;2-6H,1H3,(H,10,11,12)/b10-9-;. The summed E-state index contributed by atoms with van der Waals surface area (Å²) in [6, 6.07) is 8.10. The lowest BCUT2D eigenvalue weighted by Gasteiger charge is -2.03. The second-order valence-electron chi connectivity index (χ2n) is 9.50. The fourth-order valence-corrected chi connectivity index (χ4v) is 4.04. The topological polar surface area (TPSA) is 79.6 Å². The van der Waals surface area contributed by atoms with Crippen LogP contribution >= 0.6 is 0 Å². The first-order chi connectivity index (χ1) is 17.3. The molecule has 5 nitrogen and oxygen atoms in total. The molecule has 1 heterocycles. The molecule has 1 aromatic heterocycles. The Labute approximate surface area is 215 Å². The van der Waals surface area contributed by atoms with Gasteiger partial charge in [-0.3, -0.25) is 0 Å². The molecule has 2 rings (SSSR count). The summed E-state index contributed by atoms with van der Waals surface area (Å²) in [5.74, 6) is 0. The largest absolute Gasteiger partial charge is 0.330 e. The van der Waals surface area contributed by atoms with E-state index in [0.29, 0.717) is 0 Å². The molecule has 0 atom stereocenters. The number of aryl methyl sites for hydroxylation is 1. The summed E-state index contributed by atoms with van der Waals surface area (Å²) in [5.41, 5.74) is 8.70. The molecule has 0 aliphatic carbocycles. The average molecular weight is 484 g/mol. The van der Waals surface area contributed by atoms with Crippen LogP contribution in [-0.4, -0.2) is 35.0 Å². The van der Waals surface area contributed by atoms with E-state index in [1.54, 1.807) is 6.20 Å². The van der Waals surface area contributed by atoms with Gasteiger partial charge in [0.15, 0.2) is 0 Å². The highest BCUT2D eigenvalue weighted by molar-refractivity contribution is 5.61. The molecular formula is C30H53N5. The summed E-state index contributed by atoms with van der Waals surface area (Å²) < 4.78 is 0.